The van der Waals surface area contributed by atoms with E-state index in [0.717, 1.165) is 22.5 Å². The first-order chi connectivity index (χ1) is 17.0. The van der Waals surface area contributed by atoms with E-state index in [4.69, 9.17) is 4.74 Å². The zero-order valence-corrected chi connectivity index (χ0v) is 19.7. The van der Waals surface area contributed by atoms with Crippen molar-refractivity contribution in [1.82, 2.24) is 0 Å². The minimum atomic E-state index is -0.347. The summed E-state index contributed by atoms with van der Waals surface area (Å²) in [5.74, 6) is -0.0328. The molecular formula is C29H27N3O3. The van der Waals surface area contributed by atoms with E-state index in [2.05, 4.69) is 16.0 Å². The number of hydrogen-bond acceptors (Lipinski definition) is 4. The van der Waals surface area contributed by atoms with Crippen molar-refractivity contribution >= 4 is 34.6 Å². The molecule has 4 rings (SSSR count). The van der Waals surface area contributed by atoms with Gasteiger partial charge in [0.15, 0.2) is 6.61 Å². The van der Waals surface area contributed by atoms with Gasteiger partial charge >= 0.3 is 0 Å². The van der Waals surface area contributed by atoms with Gasteiger partial charge in [0.05, 0.1) is 11.3 Å². The first-order valence-electron chi connectivity index (χ1n) is 11.3. The summed E-state index contributed by atoms with van der Waals surface area (Å²) in [5.41, 5.74) is 5.44. The molecule has 0 aliphatic heterocycles. The molecule has 0 heterocycles. The van der Waals surface area contributed by atoms with E-state index >= 15 is 0 Å². The number of hydrogen-bond donors (Lipinski definition) is 3. The van der Waals surface area contributed by atoms with Crippen LogP contribution in [0.1, 0.15) is 21.5 Å². The Balaban J connectivity index is 1.37. The van der Waals surface area contributed by atoms with Crippen LogP contribution in [0.2, 0.25) is 0 Å². The first-order valence-corrected chi connectivity index (χ1v) is 11.3. The minimum Gasteiger partial charge on any atom is -0.484 e. The number of carbonyl (C=O) groups is 2. The molecule has 0 bridgehead atoms. The Labute approximate surface area is 205 Å². The minimum absolute atomic E-state index is 0.158. The van der Waals surface area contributed by atoms with Crippen molar-refractivity contribution < 1.29 is 14.3 Å². The van der Waals surface area contributed by atoms with Crippen molar-refractivity contribution in [3.63, 3.8) is 0 Å². The van der Waals surface area contributed by atoms with Crippen molar-refractivity contribution in [3.05, 3.63) is 114 Å². The summed E-state index contributed by atoms with van der Waals surface area (Å²) in [4.78, 5) is 25.4. The lowest BCUT2D eigenvalue weighted by Crippen LogP contribution is -2.22. The summed E-state index contributed by atoms with van der Waals surface area (Å²) in [6.45, 7) is 3.79. The monoisotopic (exact) mass is 465 g/mol. The lowest BCUT2D eigenvalue weighted by Gasteiger charge is -2.13. The molecule has 0 saturated heterocycles. The first kappa shape index (κ1) is 23.6. The van der Waals surface area contributed by atoms with Crippen LogP contribution in [0.3, 0.4) is 0 Å². The van der Waals surface area contributed by atoms with E-state index < -0.39 is 0 Å². The summed E-state index contributed by atoms with van der Waals surface area (Å²) in [7, 11) is 0. The fraction of sp³-hybridized carbons (Fsp3) is 0.103. The maximum Gasteiger partial charge on any atom is 0.262 e. The lowest BCUT2D eigenvalue weighted by molar-refractivity contribution is -0.118. The summed E-state index contributed by atoms with van der Waals surface area (Å²) < 4.78 is 5.63. The molecule has 0 saturated carbocycles. The summed E-state index contributed by atoms with van der Waals surface area (Å²) in [6.07, 6.45) is 0. The highest BCUT2D eigenvalue weighted by molar-refractivity contribution is 6.10. The molecule has 0 spiro atoms. The van der Waals surface area contributed by atoms with Crippen molar-refractivity contribution in [2.75, 3.05) is 22.6 Å². The number of aryl methyl sites for hydroxylation is 2. The number of anilines is 4. The van der Waals surface area contributed by atoms with Gasteiger partial charge in [-0.3, -0.25) is 9.59 Å². The third kappa shape index (κ3) is 6.71. The number of rotatable bonds is 8. The van der Waals surface area contributed by atoms with Crippen LogP contribution in [-0.4, -0.2) is 18.4 Å². The van der Waals surface area contributed by atoms with Crippen LogP contribution < -0.4 is 20.7 Å². The third-order valence-electron chi connectivity index (χ3n) is 5.22. The molecule has 0 atom stereocenters. The summed E-state index contributed by atoms with van der Waals surface area (Å²) >= 11 is 0. The molecule has 3 N–H and O–H groups in total. The van der Waals surface area contributed by atoms with Crippen LogP contribution in [-0.2, 0) is 4.79 Å². The topological polar surface area (TPSA) is 79.5 Å². The quantitative estimate of drug-likeness (QED) is 0.285. The van der Waals surface area contributed by atoms with Crippen molar-refractivity contribution in [1.29, 1.82) is 0 Å². The molecule has 0 fully saturated rings. The number of amides is 2. The number of carbonyl (C=O) groups excluding carboxylic acids is 2. The van der Waals surface area contributed by atoms with Crippen LogP contribution >= 0.6 is 0 Å². The standard InChI is InChI=1S/C29H27N3O3/c1-20-16-21(2)18-25(17-20)35-19-28(33)32-27-11-7-6-10-26(27)29(34)31-24-14-12-23(13-15-24)30-22-8-4-3-5-9-22/h3-18,30H,19H2,1-2H3,(H,31,34)(H,32,33). The second kappa shape index (κ2) is 11.0. The van der Waals surface area contributed by atoms with Gasteiger partial charge in [-0.2, -0.15) is 0 Å². The van der Waals surface area contributed by atoms with E-state index in [1.807, 2.05) is 86.6 Å². The molecule has 35 heavy (non-hydrogen) atoms. The van der Waals surface area contributed by atoms with Crippen molar-refractivity contribution in [2.45, 2.75) is 13.8 Å². The van der Waals surface area contributed by atoms with E-state index in [-0.39, 0.29) is 18.4 Å². The van der Waals surface area contributed by atoms with Crippen molar-refractivity contribution in [3.8, 4) is 5.75 Å². The molecule has 0 radical (unpaired) electrons. The SMILES string of the molecule is Cc1cc(C)cc(OCC(=O)Nc2ccccc2C(=O)Nc2ccc(Nc3ccccc3)cc2)c1. The highest BCUT2D eigenvalue weighted by Gasteiger charge is 2.14. The zero-order valence-electron chi connectivity index (χ0n) is 19.7. The van der Waals surface area contributed by atoms with Gasteiger partial charge in [0.1, 0.15) is 5.75 Å². The van der Waals surface area contributed by atoms with Crippen LogP contribution in [0.25, 0.3) is 0 Å². The molecule has 0 aliphatic carbocycles. The van der Waals surface area contributed by atoms with E-state index in [1.165, 1.54) is 0 Å². The average molecular weight is 466 g/mol. The second-order valence-corrected chi connectivity index (χ2v) is 8.23. The number of para-hydroxylation sites is 2. The fourth-order valence-electron chi connectivity index (χ4n) is 3.66. The highest BCUT2D eigenvalue weighted by Crippen LogP contribution is 2.21. The van der Waals surface area contributed by atoms with Gasteiger partial charge in [0.2, 0.25) is 0 Å². The van der Waals surface area contributed by atoms with Gasteiger partial charge in [-0.05, 0) is 85.6 Å². The molecule has 4 aromatic rings. The Morgan fingerprint density at radius 2 is 1.29 bits per heavy atom. The Kier molecular flexibility index (Phi) is 7.43. The summed E-state index contributed by atoms with van der Waals surface area (Å²) in [6, 6.07) is 29.9. The third-order valence-corrected chi connectivity index (χ3v) is 5.22. The Hall–Kier alpha value is -4.58. The molecule has 4 aromatic carbocycles. The van der Waals surface area contributed by atoms with Crippen molar-refractivity contribution in [2.24, 2.45) is 0 Å². The molecule has 6 nitrogen and oxygen atoms in total. The van der Waals surface area contributed by atoms with Gasteiger partial charge < -0.3 is 20.7 Å². The maximum absolute atomic E-state index is 12.9. The van der Waals surface area contributed by atoms with Gasteiger partial charge in [-0.1, -0.05) is 36.4 Å². The van der Waals surface area contributed by atoms with E-state index in [1.54, 1.807) is 24.3 Å². The molecular weight excluding hydrogens is 438 g/mol. The summed E-state index contributed by atoms with van der Waals surface area (Å²) in [5, 5.41) is 8.97. The predicted octanol–water partition coefficient (Wildman–Crippen LogP) is 6.32. The normalized spacial score (nSPS) is 10.3. The lowest BCUT2D eigenvalue weighted by atomic mass is 10.1. The van der Waals surface area contributed by atoms with Gasteiger partial charge in [0, 0.05) is 17.1 Å². The molecule has 6 heteroatoms. The molecule has 0 aromatic heterocycles. The largest absolute Gasteiger partial charge is 0.484 e. The Bertz CT molecular complexity index is 1300. The van der Waals surface area contributed by atoms with Crippen LogP contribution in [0.4, 0.5) is 22.7 Å². The van der Waals surface area contributed by atoms with E-state index in [0.29, 0.717) is 22.7 Å². The van der Waals surface area contributed by atoms with Crippen LogP contribution in [0.5, 0.6) is 5.75 Å². The molecule has 0 aliphatic rings. The van der Waals surface area contributed by atoms with Gasteiger partial charge in [0.25, 0.3) is 11.8 Å². The number of ether oxygens (including phenoxy) is 1. The molecule has 0 unspecified atom stereocenters. The fourth-order valence-corrected chi connectivity index (χ4v) is 3.66. The van der Waals surface area contributed by atoms with Gasteiger partial charge in [-0.15, -0.1) is 0 Å². The molecule has 2 amide bonds. The Morgan fingerprint density at radius 1 is 0.686 bits per heavy atom. The van der Waals surface area contributed by atoms with Crippen LogP contribution in [0, 0.1) is 13.8 Å². The second-order valence-electron chi connectivity index (χ2n) is 8.23. The average Bonchev–Trinajstić information content (AvgIpc) is 2.84. The maximum atomic E-state index is 12.9. The number of nitrogens with one attached hydrogen (secondary N) is 3. The van der Waals surface area contributed by atoms with E-state index in [9.17, 15) is 9.59 Å². The van der Waals surface area contributed by atoms with Crippen LogP contribution in [0.15, 0.2) is 97.1 Å². The smallest absolute Gasteiger partial charge is 0.262 e. The zero-order chi connectivity index (χ0) is 24.6. The highest BCUT2D eigenvalue weighted by atomic mass is 16.5. The Morgan fingerprint density at radius 3 is 2.00 bits per heavy atom. The number of benzene rings is 4. The van der Waals surface area contributed by atoms with Gasteiger partial charge in [-0.25, -0.2) is 0 Å². The molecule has 176 valence electrons. The predicted molar refractivity (Wildman–Crippen MR) is 141 cm³/mol.